The van der Waals surface area contributed by atoms with Crippen LogP contribution in [0.25, 0.3) is 11.0 Å². The summed E-state index contributed by atoms with van der Waals surface area (Å²) in [5.74, 6) is 0.507. The molecular formula is C17H14ClNO5S. The first-order chi connectivity index (χ1) is 11.8. The molecule has 0 saturated heterocycles. The monoisotopic (exact) mass is 379 g/mol. The highest BCUT2D eigenvalue weighted by Crippen LogP contribution is 2.26. The second kappa shape index (κ2) is 6.51. The minimum Gasteiger partial charge on any atom is -0.489 e. The van der Waals surface area contributed by atoms with Gasteiger partial charge in [0.05, 0.1) is 4.90 Å². The fraction of sp³-hybridized carbons (Fsp3) is 0.118. The maximum absolute atomic E-state index is 11.7. The zero-order valence-corrected chi connectivity index (χ0v) is 14.7. The summed E-state index contributed by atoms with van der Waals surface area (Å²) < 4.78 is 33.3. The fourth-order valence-electron chi connectivity index (χ4n) is 2.34. The molecule has 0 aliphatic rings. The van der Waals surface area contributed by atoms with Crippen molar-refractivity contribution in [3.05, 3.63) is 69.0 Å². The molecule has 0 aliphatic carbocycles. The van der Waals surface area contributed by atoms with E-state index in [1.807, 2.05) is 0 Å². The summed E-state index contributed by atoms with van der Waals surface area (Å²) >= 11 is 5.89. The predicted octanol–water partition coefficient (Wildman–Crippen LogP) is 2.98. The van der Waals surface area contributed by atoms with Crippen LogP contribution in [0.4, 0.5) is 0 Å². The Balaban J connectivity index is 1.82. The standard InChI is InChI=1S/C17H14ClNO5S/c1-10-14-7-4-12(8-15(14)24-17(20)16(10)18)23-9-11-2-5-13(6-3-11)25(19,21)22/h2-8H,9H2,1H3,(H2,19,21,22). The van der Waals surface area contributed by atoms with Gasteiger partial charge in [0.1, 0.15) is 23.0 Å². The molecule has 0 fully saturated rings. The Morgan fingerprint density at radius 1 is 1.16 bits per heavy atom. The van der Waals surface area contributed by atoms with E-state index in [2.05, 4.69) is 0 Å². The highest BCUT2D eigenvalue weighted by atomic mass is 35.5. The molecule has 1 aromatic heterocycles. The highest BCUT2D eigenvalue weighted by molar-refractivity contribution is 7.89. The van der Waals surface area contributed by atoms with Crippen molar-refractivity contribution in [2.24, 2.45) is 5.14 Å². The molecule has 130 valence electrons. The number of sulfonamides is 1. The molecule has 0 amide bonds. The zero-order chi connectivity index (χ0) is 18.2. The van der Waals surface area contributed by atoms with Crippen molar-refractivity contribution in [3.63, 3.8) is 0 Å². The van der Waals surface area contributed by atoms with Crippen LogP contribution in [0.1, 0.15) is 11.1 Å². The summed E-state index contributed by atoms with van der Waals surface area (Å²) in [6.07, 6.45) is 0. The second-order valence-corrected chi connectivity index (χ2v) is 7.40. The lowest BCUT2D eigenvalue weighted by molar-refractivity contribution is 0.306. The molecule has 0 radical (unpaired) electrons. The summed E-state index contributed by atoms with van der Waals surface area (Å²) in [7, 11) is -3.72. The number of primary sulfonamides is 1. The maximum atomic E-state index is 11.7. The first-order valence-electron chi connectivity index (χ1n) is 7.23. The minimum absolute atomic E-state index is 0.0380. The summed E-state index contributed by atoms with van der Waals surface area (Å²) in [5, 5.41) is 5.85. The van der Waals surface area contributed by atoms with Crippen LogP contribution < -0.4 is 15.5 Å². The smallest absolute Gasteiger partial charge is 0.355 e. The van der Waals surface area contributed by atoms with Crippen molar-refractivity contribution in [1.82, 2.24) is 0 Å². The first kappa shape index (κ1) is 17.5. The van der Waals surface area contributed by atoms with Crippen LogP contribution in [0.2, 0.25) is 5.02 Å². The molecular weight excluding hydrogens is 366 g/mol. The molecule has 0 spiro atoms. The number of rotatable bonds is 4. The summed E-state index contributed by atoms with van der Waals surface area (Å²) in [4.78, 5) is 11.7. The number of benzene rings is 2. The van der Waals surface area contributed by atoms with Crippen LogP contribution in [0.3, 0.4) is 0 Å². The van der Waals surface area contributed by atoms with Crippen LogP contribution in [-0.2, 0) is 16.6 Å². The van der Waals surface area contributed by atoms with Crippen molar-refractivity contribution in [2.75, 3.05) is 0 Å². The molecule has 6 nitrogen and oxygen atoms in total. The Hall–Kier alpha value is -2.35. The van der Waals surface area contributed by atoms with Crippen molar-refractivity contribution >= 4 is 32.6 Å². The van der Waals surface area contributed by atoms with Crippen LogP contribution >= 0.6 is 11.6 Å². The molecule has 3 rings (SSSR count). The van der Waals surface area contributed by atoms with Crippen molar-refractivity contribution in [3.8, 4) is 5.75 Å². The van der Waals surface area contributed by atoms with Gasteiger partial charge in [-0.15, -0.1) is 0 Å². The topological polar surface area (TPSA) is 99.6 Å². The van der Waals surface area contributed by atoms with Gasteiger partial charge in [-0.1, -0.05) is 23.7 Å². The molecule has 3 aromatic rings. The van der Waals surface area contributed by atoms with Crippen LogP contribution in [0, 0.1) is 6.92 Å². The maximum Gasteiger partial charge on any atom is 0.355 e. The number of fused-ring (bicyclic) bond motifs is 1. The normalized spacial score (nSPS) is 11.6. The third kappa shape index (κ3) is 3.68. The largest absolute Gasteiger partial charge is 0.489 e. The Bertz CT molecular complexity index is 1100. The Morgan fingerprint density at radius 3 is 2.48 bits per heavy atom. The van der Waals surface area contributed by atoms with E-state index in [9.17, 15) is 13.2 Å². The van der Waals surface area contributed by atoms with Crippen LogP contribution in [0.5, 0.6) is 5.75 Å². The van der Waals surface area contributed by atoms with Gasteiger partial charge in [0.2, 0.25) is 10.0 Å². The van der Waals surface area contributed by atoms with Gasteiger partial charge in [-0.3, -0.25) is 0 Å². The van der Waals surface area contributed by atoms with Gasteiger partial charge in [0.15, 0.2) is 0 Å². The third-order valence-electron chi connectivity index (χ3n) is 3.73. The molecule has 8 heteroatoms. The van der Waals surface area contributed by atoms with Gasteiger partial charge in [0, 0.05) is 11.5 Å². The number of ether oxygens (including phenoxy) is 1. The molecule has 0 aliphatic heterocycles. The van der Waals surface area contributed by atoms with E-state index in [0.29, 0.717) is 16.9 Å². The van der Waals surface area contributed by atoms with Crippen LogP contribution in [-0.4, -0.2) is 8.42 Å². The average molecular weight is 380 g/mol. The lowest BCUT2D eigenvalue weighted by atomic mass is 10.1. The Kier molecular flexibility index (Phi) is 4.55. The van der Waals surface area contributed by atoms with E-state index in [1.54, 1.807) is 37.3 Å². The summed E-state index contributed by atoms with van der Waals surface area (Å²) in [5.41, 5.74) is 1.20. The molecule has 0 atom stereocenters. The number of hydrogen-bond donors (Lipinski definition) is 1. The lowest BCUT2D eigenvalue weighted by Gasteiger charge is -2.09. The average Bonchev–Trinajstić information content (AvgIpc) is 2.57. The highest BCUT2D eigenvalue weighted by Gasteiger charge is 2.10. The van der Waals surface area contributed by atoms with Crippen molar-refractivity contribution in [1.29, 1.82) is 0 Å². The van der Waals surface area contributed by atoms with E-state index < -0.39 is 15.6 Å². The summed E-state index contributed by atoms with van der Waals surface area (Å²) in [6, 6.07) is 11.2. The van der Waals surface area contributed by atoms with Gasteiger partial charge in [-0.05, 0) is 42.3 Å². The molecule has 0 bridgehead atoms. The van der Waals surface area contributed by atoms with E-state index >= 15 is 0 Å². The predicted molar refractivity (Wildman–Crippen MR) is 94.4 cm³/mol. The first-order valence-corrected chi connectivity index (χ1v) is 9.15. The Labute approximate surface area is 148 Å². The molecule has 0 unspecified atom stereocenters. The molecule has 2 N–H and O–H groups in total. The number of nitrogens with two attached hydrogens (primary N) is 1. The van der Waals surface area contributed by atoms with Gasteiger partial charge < -0.3 is 9.15 Å². The summed E-state index contributed by atoms with van der Waals surface area (Å²) in [6.45, 7) is 1.96. The lowest BCUT2D eigenvalue weighted by Crippen LogP contribution is -2.12. The van der Waals surface area contributed by atoms with Gasteiger partial charge in [-0.2, -0.15) is 0 Å². The van der Waals surface area contributed by atoms with Crippen molar-refractivity contribution in [2.45, 2.75) is 18.4 Å². The number of aryl methyl sites for hydroxylation is 1. The van der Waals surface area contributed by atoms with Gasteiger partial charge >= 0.3 is 5.63 Å². The van der Waals surface area contributed by atoms with Gasteiger partial charge in [-0.25, -0.2) is 18.4 Å². The number of halogens is 1. The van der Waals surface area contributed by atoms with Gasteiger partial charge in [0.25, 0.3) is 0 Å². The zero-order valence-electron chi connectivity index (χ0n) is 13.2. The SMILES string of the molecule is Cc1c(Cl)c(=O)oc2cc(OCc3ccc(S(N)(=O)=O)cc3)ccc12. The molecule has 1 heterocycles. The quantitative estimate of drug-likeness (QED) is 0.702. The minimum atomic E-state index is -3.72. The number of hydrogen-bond acceptors (Lipinski definition) is 5. The van der Waals surface area contributed by atoms with E-state index in [0.717, 1.165) is 10.9 Å². The third-order valence-corrected chi connectivity index (χ3v) is 5.09. The van der Waals surface area contributed by atoms with Crippen LogP contribution in [0.15, 0.2) is 56.6 Å². The second-order valence-electron chi connectivity index (χ2n) is 5.46. The van der Waals surface area contributed by atoms with E-state index in [4.69, 9.17) is 25.9 Å². The fourth-order valence-corrected chi connectivity index (χ4v) is 3.00. The van der Waals surface area contributed by atoms with E-state index in [1.165, 1.54) is 12.1 Å². The Morgan fingerprint density at radius 2 is 1.84 bits per heavy atom. The molecule has 25 heavy (non-hydrogen) atoms. The van der Waals surface area contributed by atoms with Crippen molar-refractivity contribution < 1.29 is 17.6 Å². The molecule has 2 aromatic carbocycles. The molecule has 0 saturated carbocycles. The van der Waals surface area contributed by atoms with E-state index in [-0.39, 0.29) is 16.5 Å².